The van der Waals surface area contributed by atoms with E-state index in [1.807, 2.05) is 0 Å². The first kappa shape index (κ1) is 9.12. The fourth-order valence-corrected chi connectivity index (χ4v) is 0. The molecule has 0 saturated heterocycles. The van der Waals surface area contributed by atoms with E-state index in [1.54, 1.807) is 0 Å². The summed E-state index contributed by atoms with van der Waals surface area (Å²) in [5, 5.41) is 0. The van der Waals surface area contributed by atoms with Gasteiger partial charge in [-0.25, -0.2) is 4.21 Å². The van der Waals surface area contributed by atoms with Crippen molar-refractivity contribution in [1.29, 1.82) is 0 Å². The summed E-state index contributed by atoms with van der Waals surface area (Å²) in [6, 6.07) is 0. The third kappa shape index (κ3) is 94.4. The molecule has 0 aromatic heterocycles. The Labute approximate surface area is 41.8 Å². The largest absolute Gasteiger partial charge is 0.750 e. The van der Waals surface area contributed by atoms with E-state index in [4.69, 9.17) is 13.3 Å². The Hall–Kier alpha value is 0.564. The summed E-state index contributed by atoms with van der Waals surface area (Å²) in [7, 11) is 0. The molecule has 5 heteroatoms. The average Bonchev–Trinajstić information content (AvgIpc) is 0.811. The van der Waals surface area contributed by atoms with Gasteiger partial charge in [0.25, 0.3) is 0 Å². The minimum atomic E-state index is -2.86. The topological polar surface area (TPSA) is 60.4 Å². The van der Waals surface area contributed by atoms with Crippen LogP contribution in [0.5, 0.6) is 0 Å². The van der Waals surface area contributed by atoms with Crippen molar-refractivity contribution in [3.8, 4) is 0 Å². The second-order valence-electron chi connectivity index (χ2n) is 0.217. The van der Waals surface area contributed by atoms with E-state index in [2.05, 4.69) is 0 Å². The summed E-state index contributed by atoms with van der Waals surface area (Å²) in [5.41, 5.74) is 0. The van der Waals surface area contributed by atoms with Crippen molar-refractivity contribution in [2.24, 2.45) is 0 Å². The number of rotatable bonds is 0. The van der Waals surface area contributed by atoms with E-state index >= 15 is 0 Å². The van der Waals surface area contributed by atoms with Crippen LogP contribution in [0.25, 0.3) is 0 Å². The molecule has 0 aromatic carbocycles. The van der Waals surface area contributed by atoms with Crippen LogP contribution in [0.15, 0.2) is 0 Å². The second-order valence-corrected chi connectivity index (χ2v) is 0.651. The van der Waals surface area contributed by atoms with Crippen molar-refractivity contribution in [2.45, 2.75) is 0 Å². The molecule has 0 fully saturated rings. The van der Waals surface area contributed by atoms with E-state index in [-0.39, 0.29) is 16.5 Å². The van der Waals surface area contributed by atoms with E-state index in [0.29, 0.717) is 0 Å². The molecule has 1 N–H and O–H groups in total. The van der Waals surface area contributed by atoms with Gasteiger partial charge < -0.3 is 9.11 Å². The van der Waals surface area contributed by atoms with Crippen molar-refractivity contribution in [3.63, 3.8) is 0 Å². The molecule has 36 valence electrons. The summed E-state index contributed by atoms with van der Waals surface area (Å²) in [5.74, 6) is 0. The molecule has 0 heterocycles. The summed E-state index contributed by atoms with van der Waals surface area (Å²) in [6.07, 6.45) is 0. The maximum atomic E-state index is 8.56. The van der Waals surface area contributed by atoms with Crippen LogP contribution in [-0.4, -0.2) is 13.3 Å². The van der Waals surface area contributed by atoms with E-state index in [0.717, 1.165) is 0 Å². The molecular formula is HNiO3S-. The smallest absolute Gasteiger partial charge is 0.0814 e. The molecule has 0 rings (SSSR count). The monoisotopic (exact) mass is 139 g/mol. The van der Waals surface area contributed by atoms with Crippen LogP contribution in [-0.2, 0) is 27.9 Å². The molecule has 5 heavy (non-hydrogen) atoms. The fraction of sp³-hybridized carbons (Fsp3) is 0. The Bertz CT molecular complexity index is 29.9. The number of hydrogen-bond acceptors (Lipinski definition) is 2. The maximum Gasteiger partial charge on any atom is 0.0814 e. The maximum absolute atomic E-state index is 8.56. The summed E-state index contributed by atoms with van der Waals surface area (Å²) in [4.78, 5) is 0. The van der Waals surface area contributed by atoms with Crippen molar-refractivity contribution < 1.29 is 29.8 Å². The first-order chi connectivity index (χ1) is 1.73. The van der Waals surface area contributed by atoms with Gasteiger partial charge in [0.05, 0.1) is 11.4 Å². The molecule has 0 radical (unpaired) electrons. The van der Waals surface area contributed by atoms with Gasteiger partial charge in [-0.2, -0.15) is 0 Å². The molecule has 3 nitrogen and oxygen atoms in total. The van der Waals surface area contributed by atoms with Gasteiger partial charge in [-0.3, -0.25) is 0 Å². The van der Waals surface area contributed by atoms with Crippen molar-refractivity contribution in [3.05, 3.63) is 0 Å². The van der Waals surface area contributed by atoms with Crippen molar-refractivity contribution in [2.75, 3.05) is 0 Å². The van der Waals surface area contributed by atoms with Gasteiger partial charge in [-0.15, -0.1) is 0 Å². The third-order valence-electron chi connectivity index (χ3n) is 0. The van der Waals surface area contributed by atoms with Gasteiger partial charge in [0.15, 0.2) is 0 Å². The molecule has 0 aliphatic heterocycles. The molecule has 0 saturated carbocycles. The molecular weight excluding hydrogens is 139 g/mol. The molecule has 0 aromatic rings. The fourth-order valence-electron chi connectivity index (χ4n) is 0. The SMILES string of the molecule is O=S([O-])O.[Ni]. The first-order valence-corrected chi connectivity index (χ1v) is 1.55. The van der Waals surface area contributed by atoms with Gasteiger partial charge in [-0.1, -0.05) is 0 Å². The Kier molecular flexibility index (Phi) is 8.33. The summed E-state index contributed by atoms with van der Waals surface area (Å²) < 4.78 is 24.1. The van der Waals surface area contributed by atoms with Crippen LogP contribution < -0.4 is 0 Å². The first-order valence-electron chi connectivity index (χ1n) is 0.516. The molecule has 0 spiro atoms. The zero-order valence-electron chi connectivity index (χ0n) is 1.99. The standard InChI is InChI=1S/Ni.H2O3S/c;1-4(2)3/h;(H2,1,2,3)/p-1. The summed E-state index contributed by atoms with van der Waals surface area (Å²) in [6.45, 7) is 0. The van der Waals surface area contributed by atoms with Crippen LogP contribution >= 0.6 is 0 Å². The predicted octanol–water partition coefficient (Wildman–Crippen LogP) is -0.664. The molecule has 1 atom stereocenters. The van der Waals surface area contributed by atoms with Crippen LogP contribution in [0.1, 0.15) is 0 Å². The molecule has 1 unspecified atom stereocenters. The van der Waals surface area contributed by atoms with E-state index in [1.165, 1.54) is 0 Å². The predicted molar refractivity (Wildman–Crippen MR) is 11.5 cm³/mol. The minimum Gasteiger partial charge on any atom is -0.750 e. The van der Waals surface area contributed by atoms with Gasteiger partial charge in [-0.05, 0) is 0 Å². The Balaban J connectivity index is 0. The minimum absolute atomic E-state index is 0. The number of hydrogen-bond donors (Lipinski definition) is 1. The summed E-state index contributed by atoms with van der Waals surface area (Å²) >= 11 is -2.86. The van der Waals surface area contributed by atoms with Crippen LogP contribution in [0.4, 0.5) is 0 Å². The molecule has 0 bridgehead atoms. The Morgan fingerprint density at radius 3 is 1.80 bits per heavy atom. The molecule has 0 aliphatic rings. The van der Waals surface area contributed by atoms with Crippen LogP contribution in [0, 0.1) is 0 Å². The average molecular weight is 140 g/mol. The van der Waals surface area contributed by atoms with Gasteiger partial charge >= 0.3 is 0 Å². The molecule has 0 amide bonds. The van der Waals surface area contributed by atoms with Gasteiger partial charge in [0.2, 0.25) is 0 Å². The quantitative estimate of drug-likeness (QED) is 0.358. The zero-order valence-corrected chi connectivity index (χ0v) is 3.79. The Morgan fingerprint density at radius 1 is 1.80 bits per heavy atom. The third-order valence-corrected chi connectivity index (χ3v) is 0. The van der Waals surface area contributed by atoms with Crippen molar-refractivity contribution in [1.82, 2.24) is 0 Å². The van der Waals surface area contributed by atoms with Gasteiger partial charge in [0.1, 0.15) is 0 Å². The molecule has 0 aliphatic carbocycles. The Morgan fingerprint density at radius 2 is 1.80 bits per heavy atom. The van der Waals surface area contributed by atoms with E-state index in [9.17, 15) is 0 Å². The second kappa shape index (κ2) is 4.56. The zero-order chi connectivity index (χ0) is 3.58. The van der Waals surface area contributed by atoms with Crippen LogP contribution in [0.2, 0.25) is 0 Å². The normalized spacial score (nSPS) is 12.4. The van der Waals surface area contributed by atoms with E-state index < -0.39 is 11.4 Å². The van der Waals surface area contributed by atoms with Crippen molar-refractivity contribution >= 4 is 11.4 Å². The van der Waals surface area contributed by atoms with Gasteiger partial charge in [0, 0.05) is 16.5 Å². The van der Waals surface area contributed by atoms with Crippen LogP contribution in [0.3, 0.4) is 0 Å².